The Morgan fingerprint density at radius 2 is 2.07 bits per heavy atom. The highest BCUT2D eigenvalue weighted by Crippen LogP contribution is 2.27. The van der Waals surface area contributed by atoms with Crippen LogP contribution in [0.5, 0.6) is 0 Å². The summed E-state index contributed by atoms with van der Waals surface area (Å²) in [5.74, 6) is 1.60. The molecule has 0 atom stereocenters. The lowest BCUT2D eigenvalue weighted by molar-refractivity contribution is 0.339. The molecule has 0 saturated heterocycles. The van der Waals surface area contributed by atoms with Crippen LogP contribution in [0.1, 0.15) is 44.1 Å². The third kappa shape index (κ3) is 3.22. The van der Waals surface area contributed by atoms with Gasteiger partial charge in [0.05, 0.1) is 0 Å². The van der Waals surface area contributed by atoms with Gasteiger partial charge >= 0.3 is 0 Å². The zero-order chi connectivity index (χ0) is 10.5. The predicted molar refractivity (Wildman–Crippen MR) is 63.5 cm³/mol. The van der Waals surface area contributed by atoms with E-state index in [0.717, 1.165) is 12.3 Å². The zero-order valence-electron chi connectivity index (χ0n) is 9.28. The topological polar surface area (TPSA) is 38.9 Å². The first-order valence-electron chi connectivity index (χ1n) is 6.05. The monoisotopic (exact) mass is 204 g/mol. The summed E-state index contributed by atoms with van der Waals surface area (Å²) in [4.78, 5) is 4.01. The van der Waals surface area contributed by atoms with Crippen LogP contribution in [0, 0.1) is 5.92 Å². The average Bonchev–Trinajstić information content (AvgIpc) is 2.28. The van der Waals surface area contributed by atoms with Crippen molar-refractivity contribution in [2.45, 2.75) is 44.9 Å². The molecule has 0 unspecified atom stereocenters. The molecule has 2 rings (SSSR count). The van der Waals surface area contributed by atoms with Gasteiger partial charge in [-0.05, 0) is 36.5 Å². The number of rotatable bonds is 3. The number of nitrogens with zero attached hydrogens (tertiary/aromatic N) is 1. The molecule has 0 aliphatic heterocycles. The largest absolute Gasteiger partial charge is 0.384 e. The van der Waals surface area contributed by atoms with E-state index in [4.69, 9.17) is 5.73 Å². The standard InChI is InChI=1S/C13H20N2/c14-13-10-12(8-9-15-13)7-6-11-4-2-1-3-5-11/h8-11H,1-7H2,(H2,14,15). The lowest BCUT2D eigenvalue weighted by Crippen LogP contribution is -2.07. The van der Waals surface area contributed by atoms with E-state index in [-0.39, 0.29) is 0 Å². The molecule has 1 aromatic rings. The molecule has 2 heteroatoms. The van der Waals surface area contributed by atoms with E-state index in [1.807, 2.05) is 12.3 Å². The number of hydrogen-bond acceptors (Lipinski definition) is 2. The first-order chi connectivity index (χ1) is 7.34. The van der Waals surface area contributed by atoms with Crippen LogP contribution in [0.25, 0.3) is 0 Å². The molecule has 0 radical (unpaired) electrons. The Labute approximate surface area is 91.9 Å². The molecular formula is C13H20N2. The van der Waals surface area contributed by atoms with Crippen LogP contribution >= 0.6 is 0 Å². The molecule has 2 N–H and O–H groups in total. The molecule has 1 saturated carbocycles. The Morgan fingerprint density at radius 1 is 1.27 bits per heavy atom. The van der Waals surface area contributed by atoms with Gasteiger partial charge in [0.2, 0.25) is 0 Å². The van der Waals surface area contributed by atoms with Crippen LogP contribution in [0.4, 0.5) is 5.82 Å². The van der Waals surface area contributed by atoms with E-state index in [2.05, 4.69) is 11.1 Å². The van der Waals surface area contributed by atoms with Crippen molar-refractivity contribution in [3.8, 4) is 0 Å². The number of hydrogen-bond donors (Lipinski definition) is 1. The fourth-order valence-corrected chi connectivity index (χ4v) is 2.50. The minimum atomic E-state index is 0.649. The van der Waals surface area contributed by atoms with Gasteiger partial charge in [-0.15, -0.1) is 0 Å². The van der Waals surface area contributed by atoms with Crippen molar-refractivity contribution in [1.82, 2.24) is 4.98 Å². The molecular weight excluding hydrogens is 184 g/mol. The van der Waals surface area contributed by atoms with Gasteiger partial charge in [-0.1, -0.05) is 32.1 Å². The van der Waals surface area contributed by atoms with Crippen LogP contribution < -0.4 is 5.73 Å². The highest BCUT2D eigenvalue weighted by atomic mass is 14.8. The van der Waals surface area contributed by atoms with Crippen molar-refractivity contribution < 1.29 is 0 Å². The van der Waals surface area contributed by atoms with E-state index in [0.29, 0.717) is 5.82 Å². The number of anilines is 1. The number of nitrogens with two attached hydrogens (primary N) is 1. The SMILES string of the molecule is Nc1cc(CCC2CCCCC2)ccn1. The van der Waals surface area contributed by atoms with Gasteiger partial charge in [0.1, 0.15) is 5.82 Å². The van der Waals surface area contributed by atoms with Crippen LogP contribution in [-0.4, -0.2) is 4.98 Å². The van der Waals surface area contributed by atoms with Gasteiger partial charge in [0.15, 0.2) is 0 Å². The minimum absolute atomic E-state index is 0.649. The minimum Gasteiger partial charge on any atom is -0.384 e. The molecule has 1 aliphatic rings. The summed E-state index contributed by atoms with van der Waals surface area (Å²) >= 11 is 0. The van der Waals surface area contributed by atoms with E-state index in [1.54, 1.807) is 0 Å². The van der Waals surface area contributed by atoms with Crippen LogP contribution in [0.3, 0.4) is 0 Å². The van der Waals surface area contributed by atoms with Crippen molar-refractivity contribution in [2.24, 2.45) is 5.92 Å². The Kier molecular flexibility index (Phi) is 3.59. The Morgan fingerprint density at radius 3 is 2.80 bits per heavy atom. The van der Waals surface area contributed by atoms with Gasteiger partial charge in [-0.2, -0.15) is 0 Å². The van der Waals surface area contributed by atoms with Crippen molar-refractivity contribution in [3.63, 3.8) is 0 Å². The van der Waals surface area contributed by atoms with Crippen LogP contribution in [-0.2, 0) is 6.42 Å². The fraction of sp³-hybridized carbons (Fsp3) is 0.615. The highest BCUT2D eigenvalue weighted by molar-refractivity contribution is 5.31. The molecule has 1 aliphatic carbocycles. The van der Waals surface area contributed by atoms with E-state index in [1.165, 1.54) is 44.1 Å². The van der Waals surface area contributed by atoms with Crippen molar-refractivity contribution in [3.05, 3.63) is 23.9 Å². The van der Waals surface area contributed by atoms with Crippen molar-refractivity contribution in [2.75, 3.05) is 5.73 Å². The molecule has 82 valence electrons. The Hall–Kier alpha value is -1.05. The summed E-state index contributed by atoms with van der Waals surface area (Å²) in [6.45, 7) is 0. The number of aromatic nitrogens is 1. The molecule has 0 spiro atoms. The molecule has 0 aromatic carbocycles. The smallest absolute Gasteiger partial charge is 0.123 e. The Balaban J connectivity index is 1.81. The quantitative estimate of drug-likeness (QED) is 0.821. The summed E-state index contributed by atoms with van der Waals surface area (Å²) in [7, 11) is 0. The molecule has 1 fully saturated rings. The predicted octanol–water partition coefficient (Wildman–Crippen LogP) is 3.18. The molecule has 0 amide bonds. The van der Waals surface area contributed by atoms with Gasteiger partial charge < -0.3 is 5.73 Å². The lowest BCUT2D eigenvalue weighted by Gasteiger charge is -2.21. The van der Waals surface area contributed by atoms with Crippen LogP contribution in [0.2, 0.25) is 0 Å². The van der Waals surface area contributed by atoms with E-state index >= 15 is 0 Å². The van der Waals surface area contributed by atoms with Crippen molar-refractivity contribution in [1.29, 1.82) is 0 Å². The molecule has 0 bridgehead atoms. The van der Waals surface area contributed by atoms with Crippen LogP contribution in [0.15, 0.2) is 18.3 Å². The van der Waals surface area contributed by atoms with E-state index in [9.17, 15) is 0 Å². The van der Waals surface area contributed by atoms with Crippen molar-refractivity contribution >= 4 is 5.82 Å². The Bertz CT molecular complexity index is 303. The lowest BCUT2D eigenvalue weighted by atomic mass is 9.85. The first-order valence-corrected chi connectivity index (χ1v) is 6.05. The fourth-order valence-electron chi connectivity index (χ4n) is 2.50. The summed E-state index contributed by atoms with van der Waals surface area (Å²) < 4.78 is 0. The van der Waals surface area contributed by atoms with Gasteiger partial charge in [-0.3, -0.25) is 0 Å². The maximum Gasteiger partial charge on any atom is 0.123 e. The number of aryl methyl sites for hydroxylation is 1. The molecule has 2 nitrogen and oxygen atoms in total. The summed E-state index contributed by atoms with van der Waals surface area (Å²) in [6, 6.07) is 4.09. The van der Waals surface area contributed by atoms with E-state index < -0.39 is 0 Å². The summed E-state index contributed by atoms with van der Waals surface area (Å²) in [5, 5.41) is 0. The number of pyridine rings is 1. The second-order valence-corrected chi connectivity index (χ2v) is 4.63. The summed E-state index contributed by atoms with van der Waals surface area (Å²) in [5.41, 5.74) is 7.00. The third-order valence-electron chi connectivity index (χ3n) is 3.41. The summed E-state index contributed by atoms with van der Waals surface area (Å²) in [6.07, 6.45) is 11.5. The first kappa shape index (κ1) is 10.5. The second-order valence-electron chi connectivity index (χ2n) is 4.63. The van der Waals surface area contributed by atoms with Gasteiger partial charge in [0, 0.05) is 6.20 Å². The second kappa shape index (κ2) is 5.15. The normalized spacial score (nSPS) is 17.9. The third-order valence-corrected chi connectivity index (χ3v) is 3.41. The zero-order valence-corrected chi connectivity index (χ0v) is 9.28. The maximum absolute atomic E-state index is 5.66. The van der Waals surface area contributed by atoms with Gasteiger partial charge in [-0.25, -0.2) is 4.98 Å². The maximum atomic E-state index is 5.66. The molecule has 15 heavy (non-hydrogen) atoms. The molecule has 1 aromatic heterocycles. The average molecular weight is 204 g/mol. The molecule has 1 heterocycles. The van der Waals surface area contributed by atoms with Gasteiger partial charge in [0.25, 0.3) is 0 Å². The number of nitrogen functional groups attached to an aromatic ring is 1. The highest BCUT2D eigenvalue weighted by Gasteiger charge is 2.12.